The monoisotopic (exact) mass is 477 g/mol. The third-order valence-electron chi connectivity index (χ3n) is 4.43. The molecule has 1 aliphatic rings. The summed E-state index contributed by atoms with van der Waals surface area (Å²) < 4.78 is 23.8. The molecule has 0 aromatic heterocycles. The van der Waals surface area contributed by atoms with Gasteiger partial charge in [-0.15, -0.1) is 0 Å². The summed E-state index contributed by atoms with van der Waals surface area (Å²) in [6.07, 6.45) is 0.875. The maximum atomic E-state index is 12.7. The molecule has 1 aromatic rings. The average Bonchev–Trinajstić information content (AvgIpc) is 2.91. The van der Waals surface area contributed by atoms with Crippen molar-refractivity contribution >= 4 is 56.7 Å². The number of halogens is 2. The van der Waals surface area contributed by atoms with Crippen molar-refractivity contribution in [3.8, 4) is 0 Å². The van der Waals surface area contributed by atoms with Crippen LogP contribution in [0.3, 0.4) is 0 Å². The number of hydrogen-bond donors (Lipinski definition) is 1. The number of hydrogen-bond acceptors (Lipinski definition) is 6. The van der Waals surface area contributed by atoms with Gasteiger partial charge in [0.1, 0.15) is 5.92 Å². The summed E-state index contributed by atoms with van der Waals surface area (Å²) >= 11 is 11.8. The van der Waals surface area contributed by atoms with Crippen LogP contribution in [0, 0.1) is 5.92 Å². The van der Waals surface area contributed by atoms with Crippen LogP contribution in [0.4, 0.5) is 0 Å². The Bertz CT molecular complexity index is 982. The Morgan fingerprint density at radius 1 is 1.23 bits per heavy atom. The number of likely N-dealkylation sites (tertiary alicyclic amines) is 1. The molecule has 1 unspecified atom stereocenters. The predicted molar refractivity (Wildman–Crippen MR) is 110 cm³/mol. The van der Waals surface area contributed by atoms with Gasteiger partial charge in [0.15, 0.2) is 0 Å². The first kappa shape index (κ1) is 24.1. The molecule has 164 valence electrons. The SMILES string of the molecule is CN(Cc1ccc(Cl)c(Cl)c1)C(=O)C1CN(CCCC(=O)NS(C)(=O)=O)C(=O)C1=O. The molecule has 0 saturated carbocycles. The van der Waals surface area contributed by atoms with Gasteiger partial charge in [0.25, 0.3) is 5.91 Å². The largest absolute Gasteiger partial charge is 0.341 e. The molecule has 0 bridgehead atoms. The maximum absolute atomic E-state index is 12.7. The van der Waals surface area contributed by atoms with Crippen LogP contribution in [-0.2, 0) is 35.7 Å². The van der Waals surface area contributed by atoms with Crippen LogP contribution in [0.5, 0.6) is 0 Å². The summed E-state index contributed by atoms with van der Waals surface area (Å²) in [5.74, 6) is -3.93. The quantitative estimate of drug-likeness (QED) is 0.437. The molecule has 1 aliphatic heterocycles. The highest BCUT2D eigenvalue weighted by molar-refractivity contribution is 7.89. The lowest BCUT2D eigenvalue weighted by Crippen LogP contribution is -2.36. The lowest BCUT2D eigenvalue weighted by atomic mass is 10.1. The molecule has 1 fully saturated rings. The molecule has 1 N–H and O–H groups in total. The molecule has 2 rings (SSSR count). The first-order valence-electron chi connectivity index (χ1n) is 8.91. The van der Waals surface area contributed by atoms with Crippen molar-refractivity contribution in [1.82, 2.24) is 14.5 Å². The van der Waals surface area contributed by atoms with Crippen molar-refractivity contribution in [2.24, 2.45) is 5.92 Å². The maximum Gasteiger partial charge on any atom is 0.290 e. The molecular formula is C18H21Cl2N3O6S. The zero-order valence-corrected chi connectivity index (χ0v) is 18.7. The molecule has 12 heteroatoms. The summed E-state index contributed by atoms with van der Waals surface area (Å²) in [5.41, 5.74) is 0.714. The smallest absolute Gasteiger partial charge is 0.290 e. The van der Waals surface area contributed by atoms with Gasteiger partial charge in [0.2, 0.25) is 27.6 Å². The van der Waals surface area contributed by atoms with E-state index >= 15 is 0 Å². The summed E-state index contributed by atoms with van der Waals surface area (Å²) in [6, 6.07) is 4.92. The fourth-order valence-electron chi connectivity index (χ4n) is 3.02. The first-order chi connectivity index (χ1) is 13.9. The fourth-order valence-corrected chi connectivity index (χ4v) is 3.85. The number of sulfonamides is 1. The minimum Gasteiger partial charge on any atom is -0.341 e. The van der Waals surface area contributed by atoms with Crippen molar-refractivity contribution in [3.05, 3.63) is 33.8 Å². The van der Waals surface area contributed by atoms with Gasteiger partial charge >= 0.3 is 0 Å². The van der Waals surface area contributed by atoms with Gasteiger partial charge < -0.3 is 9.80 Å². The Morgan fingerprint density at radius 2 is 1.90 bits per heavy atom. The molecule has 0 spiro atoms. The fraction of sp³-hybridized carbons (Fsp3) is 0.444. The van der Waals surface area contributed by atoms with E-state index in [-0.39, 0.29) is 32.5 Å². The molecule has 1 saturated heterocycles. The van der Waals surface area contributed by atoms with E-state index in [4.69, 9.17) is 23.2 Å². The number of nitrogens with zero attached hydrogens (tertiary/aromatic N) is 2. The molecule has 0 aliphatic carbocycles. The van der Waals surface area contributed by atoms with Crippen molar-refractivity contribution in [2.75, 3.05) is 26.4 Å². The Kier molecular flexibility index (Phi) is 7.84. The number of ketones is 1. The van der Waals surface area contributed by atoms with Gasteiger partial charge in [0.05, 0.1) is 16.3 Å². The van der Waals surface area contributed by atoms with E-state index in [2.05, 4.69) is 0 Å². The third-order valence-corrected chi connectivity index (χ3v) is 5.76. The summed E-state index contributed by atoms with van der Waals surface area (Å²) in [4.78, 5) is 51.2. The number of nitrogens with one attached hydrogen (secondary N) is 1. The van der Waals surface area contributed by atoms with Gasteiger partial charge in [-0.05, 0) is 24.1 Å². The van der Waals surface area contributed by atoms with Crippen LogP contribution < -0.4 is 4.72 Å². The molecule has 1 aromatic carbocycles. The van der Waals surface area contributed by atoms with Gasteiger partial charge in [-0.2, -0.15) is 0 Å². The van der Waals surface area contributed by atoms with Crippen molar-refractivity contribution in [2.45, 2.75) is 19.4 Å². The predicted octanol–water partition coefficient (Wildman–Crippen LogP) is 0.835. The Labute approximate surface area is 184 Å². The number of rotatable bonds is 8. The molecule has 1 atom stereocenters. The second kappa shape index (κ2) is 9.76. The second-order valence-electron chi connectivity index (χ2n) is 7.01. The second-order valence-corrected chi connectivity index (χ2v) is 9.57. The van der Waals surface area contributed by atoms with Crippen LogP contribution in [0.1, 0.15) is 18.4 Å². The highest BCUT2D eigenvalue weighted by Gasteiger charge is 2.43. The van der Waals surface area contributed by atoms with E-state index in [9.17, 15) is 27.6 Å². The summed E-state index contributed by atoms with van der Waals surface area (Å²) in [6.45, 7) is 0.150. The standard InChI is InChI=1S/C18H21Cl2N3O6S/c1-22(9-11-5-6-13(19)14(20)8-11)17(26)12-10-23(18(27)16(12)25)7-3-4-15(24)21-30(2,28)29/h5-6,8,12H,3-4,7,9-10H2,1-2H3,(H,21,24). The van der Waals surface area contributed by atoms with E-state index in [1.165, 1.54) is 16.8 Å². The molecule has 30 heavy (non-hydrogen) atoms. The van der Waals surface area contributed by atoms with Gasteiger partial charge in [0, 0.05) is 33.1 Å². The Balaban J connectivity index is 1.92. The number of amides is 3. The van der Waals surface area contributed by atoms with Crippen LogP contribution in [0.25, 0.3) is 0 Å². The molecule has 9 nitrogen and oxygen atoms in total. The highest BCUT2D eigenvalue weighted by Crippen LogP contribution is 2.24. The molecular weight excluding hydrogens is 457 g/mol. The van der Waals surface area contributed by atoms with E-state index in [0.717, 1.165) is 6.26 Å². The normalized spacial score (nSPS) is 16.7. The Hall–Kier alpha value is -2.17. The van der Waals surface area contributed by atoms with E-state index < -0.39 is 39.4 Å². The Morgan fingerprint density at radius 3 is 2.50 bits per heavy atom. The third kappa shape index (κ3) is 6.41. The topological polar surface area (TPSA) is 121 Å². The van der Waals surface area contributed by atoms with Gasteiger partial charge in [-0.1, -0.05) is 29.3 Å². The molecule has 1 heterocycles. The van der Waals surface area contributed by atoms with Crippen LogP contribution in [0.2, 0.25) is 10.0 Å². The summed E-state index contributed by atoms with van der Waals surface area (Å²) in [7, 11) is -2.14. The average molecular weight is 478 g/mol. The van der Waals surface area contributed by atoms with Gasteiger partial charge in [-0.3, -0.25) is 23.9 Å². The van der Waals surface area contributed by atoms with Gasteiger partial charge in [-0.25, -0.2) is 8.42 Å². The number of carbonyl (C=O) groups excluding carboxylic acids is 4. The van der Waals surface area contributed by atoms with E-state index in [0.29, 0.717) is 15.6 Å². The van der Waals surface area contributed by atoms with Crippen LogP contribution >= 0.6 is 23.2 Å². The zero-order chi connectivity index (χ0) is 22.6. The number of carbonyl (C=O) groups is 4. The minimum absolute atomic E-state index is 0.0576. The van der Waals surface area contributed by atoms with E-state index in [1.807, 2.05) is 4.72 Å². The minimum atomic E-state index is -3.65. The zero-order valence-electron chi connectivity index (χ0n) is 16.4. The van der Waals surface area contributed by atoms with E-state index in [1.54, 1.807) is 18.2 Å². The van der Waals surface area contributed by atoms with Crippen molar-refractivity contribution in [1.29, 1.82) is 0 Å². The number of Topliss-reactive ketones (excluding diaryl/α,β-unsaturated/α-hetero) is 1. The van der Waals surface area contributed by atoms with Crippen molar-refractivity contribution in [3.63, 3.8) is 0 Å². The highest BCUT2D eigenvalue weighted by atomic mass is 35.5. The molecule has 0 radical (unpaired) electrons. The molecule has 3 amide bonds. The first-order valence-corrected chi connectivity index (χ1v) is 11.6. The van der Waals surface area contributed by atoms with Crippen LogP contribution in [-0.4, -0.2) is 68.1 Å². The lowest BCUT2D eigenvalue weighted by Gasteiger charge is -2.21. The summed E-state index contributed by atoms with van der Waals surface area (Å²) in [5, 5.41) is 0.722. The lowest BCUT2D eigenvalue weighted by molar-refractivity contribution is -0.144. The van der Waals surface area contributed by atoms with Crippen molar-refractivity contribution < 1.29 is 27.6 Å². The number of benzene rings is 1. The van der Waals surface area contributed by atoms with Crippen LogP contribution in [0.15, 0.2) is 18.2 Å².